The van der Waals surface area contributed by atoms with Crippen LogP contribution in [0, 0.1) is 11.3 Å². The van der Waals surface area contributed by atoms with Gasteiger partial charge in [-0.2, -0.15) is 0 Å². The molecular weight excluding hydrogens is 378 g/mol. The van der Waals surface area contributed by atoms with Gasteiger partial charge in [-0.05, 0) is 12.0 Å². The molecule has 2 N–H and O–H groups in total. The molecule has 1 amide bonds. The van der Waals surface area contributed by atoms with E-state index in [1.54, 1.807) is 26.0 Å². The number of alkyl carbamates (subject to hydrolysis) is 1. The minimum atomic E-state index is -1.11. The van der Waals surface area contributed by atoms with E-state index in [2.05, 4.69) is 5.32 Å². The third kappa shape index (κ3) is 9.59. The highest BCUT2D eigenvalue weighted by Gasteiger charge is 2.24. The smallest absolute Gasteiger partial charge is 0.417 e. The first-order valence-electron chi connectivity index (χ1n) is 9.39. The van der Waals surface area contributed by atoms with Crippen LogP contribution >= 0.6 is 0 Å². The fraction of sp³-hybridized carbons (Fsp3) is 0.500. The standard InChI is InChI=1S/C20H29N3O6/c1-5-11-27-17(25)13-23(4)19(21)22-20(26)29-18(14(2)3)28-16(24)12-15-9-7-6-8-10-15/h6-10,14,18H,5,11-13H2,1-4H3,(H2,21,22,26). The fourth-order valence-corrected chi connectivity index (χ4v) is 2.09. The van der Waals surface area contributed by atoms with Crippen molar-refractivity contribution in [2.24, 2.45) is 5.92 Å². The monoisotopic (exact) mass is 407 g/mol. The lowest BCUT2D eigenvalue weighted by molar-refractivity contribution is -0.173. The first-order chi connectivity index (χ1) is 13.7. The van der Waals surface area contributed by atoms with Crippen molar-refractivity contribution in [3.8, 4) is 0 Å². The molecule has 9 nitrogen and oxygen atoms in total. The Balaban J connectivity index is 2.51. The van der Waals surface area contributed by atoms with Crippen LogP contribution in [0.4, 0.5) is 4.79 Å². The van der Waals surface area contributed by atoms with Crippen molar-refractivity contribution < 1.29 is 28.6 Å². The maximum absolute atomic E-state index is 12.1. The first-order valence-corrected chi connectivity index (χ1v) is 9.39. The van der Waals surface area contributed by atoms with Gasteiger partial charge < -0.3 is 19.1 Å². The molecule has 0 bridgehead atoms. The van der Waals surface area contributed by atoms with E-state index in [4.69, 9.17) is 19.6 Å². The number of carbonyl (C=O) groups excluding carboxylic acids is 3. The Hall–Kier alpha value is -3.10. The second-order valence-corrected chi connectivity index (χ2v) is 6.72. The van der Waals surface area contributed by atoms with Gasteiger partial charge in [-0.3, -0.25) is 20.3 Å². The van der Waals surface area contributed by atoms with E-state index in [9.17, 15) is 14.4 Å². The van der Waals surface area contributed by atoms with Crippen LogP contribution in [0.25, 0.3) is 0 Å². The van der Waals surface area contributed by atoms with Crippen LogP contribution in [0.5, 0.6) is 0 Å². The number of benzene rings is 1. The molecule has 0 saturated carbocycles. The zero-order valence-electron chi connectivity index (χ0n) is 17.3. The summed E-state index contributed by atoms with van der Waals surface area (Å²) in [6.07, 6.45) is -1.33. The van der Waals surface area contributed by atoms with Gasteiger partial charge in [0.05, 0.1) is 13.0 Å². The van der Waals surface area contributed by atoms with Gasteiger partial charge in [0.15, 0.2) is 0 Å². The molecule has 0 aromatic heterocycles. The Morgan fingerprint density at radius 3 is 2.34 bits per heavy atom. The first kappa shape index (κ1) is 23.9. The molecule has 0 radical (unpaired) electrons. The number of likely N-dealkylation sites (N-methyl/N-ethyl adjacent to an activating group) is 1. The molecule has 0 aliphatic rings. The van der Waals surface area contributed by atoms with Crippen molar-refractivity contribution in [2.75, 3.05) is 20.2 Å². The van der Waals surface area contributed by atoms with E-state index >= 15 is 0 Å². The third-order valence-electron chi connectivity index (χ3n) is 3.64. The van der Waals surface area contributed by atoms with Crippen LogP contribution in [-0.2, 0) is 30.2 Å². The minimum Gasteiger partial charge on any atom is -0.464 e. The summed E-state index contributed by atoms with van der Waals surface area (Å²) in [7, 11) is 1.45. The number of ether oxygens (including phenoxy) is 3. The molecule has 29 heavy (non-hydrogen) atoms. The van der Waals surface area contributed by atoms with E-state index in [1.807, 2.05) is 25.1 Å². The lowest BCUT2D eigenvalue weighted by atomic mass is 10.1. The average Bonchev–Trinajstić information content (AvgIpc) is 2.66. The number of hydrogen-bond acceptors (Lipinski definition) is 7. The number of nitrogens with one attached hydrogen (secondary N) is 2. The van der Waals surface area contributed by atoms with Crippen molar-refractivity contribution >= 4 is 24.0 Å². The zero-order valence-corrected chi connectivity index (χ0v) is 17.3. The maximum Gasteiger partial charge on any atom is 0.417 e. The van der Waals surface area contributed by atoms with Crippen LogP contribution in [0.1, 0.15) is 32.8 Å². The van der Waals surface area contributed by atoms with Gasteiger partial charge in [-0.15, -0.1) is 0 Å². The average molecular weight is 407 g/mol. The number of amides is 1. The number of carbonyl (C=O) groups is 3. The quantitative estimate of drug-likeness (QED) is 0.279. The van der Waals surface area contributed by atoms with Crippen molar-refractivity contribution in [3.05, 3.63) is 35.9 Å². The Labute approximate surface area is 170 Å². The second-order valence-electron chi connectivity index (χ2n) is 6.72. The van der Waals surface area contributed by atoms with Crippen LogP contribution in [0.3, 0.4) is 0 Å². The molecule has 0 spiro atoms. The van der Waals surface area contributed by atoms with E-state index in [0.717, 1.165) is 5.56 Å². The van der Waals surface area contributed by atoms with Crippen LogP contribution < -0.4 is 5.32 Å². The maximum atomic E-state index is 12.1. The lowest BCUT2D eigenvalue weighted by Crippen LogP contribution is -2.45. The van der Waals surface area contributed by atoms with Crippen molar-refractivity contribution in [3.63, 3.8) is 0 Å². The van der Waals surface area contributed by atoms with E-state index < -0.39 is 24.3 Å². The van der Waals surface area contributed by atoms with E-state index in [1.165, 1.54) is 11.9 Å². The number of guanidine groups is 1. The van der Waals surface area contributed by atoms with Crippen LogP contribution in [-0.4, -0.2) is 55.4 Å². The molecule has 1 rings (SSSR count). The van der Waals surface area contributed by atoms with E-state index in [0.29, 0.717) is 13.0 Å². The Morgan fingerprint density at radius 1 is 1.10 bits per heavy atom. The Kier molecular flexibility index (Phi) is 10.2. The summed E-state index contributed by atoms with van der Waals surface area (Å²) in [5.74, 6) is -1.68. The summed E-state index contributed by atoms with van der Waals surface area (Å²) in [6.45, 7) is 5.43. The third-order valence-corrected chi connectivity index (χ3v) is 3.64. The highest BCUT2D eigenvalue weighted by atomic mass is 16.7. The normalized spacial score (nSPS) is 11.3. The van der Waals surface area contributed by atoms with Gasteiger partial charge in [-0.25, -0.2) is 4.79 Å². The van der Waals surface area contributed by atoms with Crippen molar-refractivity contribution in [2.45, 2.75) is 39.9 Å². The molecule has 160 valence electrons. The summed E-state index contributed by atoms with van der Waals surface area (Å²) < 4.78 is 15.3. The summed E-state index contributed by atoms with van der Waals surface area (Å²) in [5, 5.41) is 10.0. The molecule has 9 heteroatoms. The van der Waals surface area contributed by atoms with Gasteiger partial charge in [0, 0.05) is 13.0 Å². The van der Waals surface area contributed by atoms with Crippen LogP contribution in [0.15, 0.2) is 30.3 Å². The SMILES string of the molecule is CCCOC(=O)CN(C)C(=N)NC(=O)OC(OC(=O)Cc1ccccc1)C(C)C. The minimum absolute atomic E-state index is 0.0491. The largest absolute Gasteiger partial charge is 0.464 e. The molecule has 1 aromatic carbocycles. The fourth-order valence-electron chi connectivity index (χ4n) is 2.09. The molecule has 0 heterocycles. The topological polar surface area (TPSA) is 118 Å². The van der Waals surface area contributed by atoms with Crippen molar-refractivity contribution in [1.29, 1.82) is 5.41 Å². The van der Waals surface area contributed by atoms with Gasteiger partial charge in [0.1, 0.15) is 6.54 Å². The molecule has 0 aliphatic carbocycles. The molecule has 1 unspecified atom stereocenters. The molecule has 0 fully saturated rings. The number of esters is 2. The van der Waals surface area contributed by atoms with Crippen LogP contribution in [0.2, 0.25) is 0 Å². The molecule has 1 aromatic rings. The van der Waals surface area contributed by atoms with Gasteiger partial charge in [0.25, 0.3) is 6.29 Å². The molecular formula is C20H29N3O6. The lowest BCUT2D eigenvalue weighted by Gasteiger charge is -2.23. The Bertz CT molecular complexity index is 693. The number of hydrogen-bond donors (Lipinski definition) is 2. The second kappa shape index (κ2) is 12.4. The van der Waals surface area contributed by atoms with E-state index in [-0.39, 0.29) is 24.8 Å². The van der Waals surface area contributed by atoms with Gasteiger partial charge in [0.2, 0.25) is 5.96 Å². The number of nitrogens with zero attached hydrogens (tertiary/aromatic N) is 1. The molecule has 1 atom stereocenters. The van der Waals surface area contributed by atoms with Gasteiger partial charge in [-0.1, -0.05) is 51.1 Å². The predicted octanol–water partition coefficient (Wildman–Crippen LogP) is 2.30. The summed E-state index contributed by atoms with van der Waals surface area (Å²) in [5.41, 5.74) is 0.780. The highest BCUT2D eigenvalue weighted by Crippen LogP contribution is 2.11. The summed E-state index contributed by atoms with van der Waals surface area (Å²) >= 11 is 0. The summed E-state index contributed by atoms with van der Waals surface area (Å²) in [6, 6.07) is 9.05. The molecule has 0 saturated heterocycles. The zero-order chi connectivity index (χ0) is 21.8. The molecule has 0 aliphatic heterocycles. The predicted molar refractivity (Wildman–Crippen MR) is 106 cm³/mol. The Morgan fingerprint density at radius 2 is 1.76 bits per heavy atom. The summed E-state index contributed by atoms with van der Waals surface area (Å²) in [4.78, 5) is 37.0. The van der Waals surface area contributed by atoms with Crippen molar-refractivity contribution in [1.82, 2.24) is 10.2 Å². The highest BCUT2D eigenvalue weighted by molar-refractivity contribution is 5.93. The van der Waals surface area contributed by atoms with Gasteiger partial charge >= 0.3 is 18.0 Å². The number of rotatable bonds is 9.